The molecule has 0 saturated carbocycles. The van der Waals surface area contributed by atoms with Crippen LogP contribution in [-0.2, 0) is 9.53 Å². The summed E-state index contributed by atoms with van der Waals surface area (Å²) in [4.78, 5) is 35.0. The highest BCUT2D eigenvalue weighted by atomic mass is 16.6. The number of esters is 1. The zero-order chi connectivity index (χ0) is 20.1. The zero-order valence-corrected chi connectivity index (χ0v) is 15.4. The van der Waals surface area contributed by atoms with Gasteiger partial charge in [-0.2, -0.15) is 0 Å². The van der Waals surface area contributed by atoms with E-state index in [9.17, 15) is 19.7 Å². The van der Waals surface area contributed by atoms with E-state index < -0.39 is 22.9 Å². The molecular formula is C19H20N2O6. The third-order valence-electron chi connectivity index (χ3n) is 4.13. The summed E-state index contributed by atoms with van der Waals surface area (Å²) in [6, 6.07) is 9.04. The van der Waals surface area contributed by atoms with Crippen LogP contribution < -0.4 is 10.1 Å². The first kappa shape index (κ1) is 19.9. The number of nitro benzene ring substituents is 1. The number of hydrogen-bond donors (Lipinski definition) is 1. The second kappa shape index (κ2) is 8.31. The molecule has 2 rings (SSSR count). The van der Waals surface area contributed by atoms with Crippen LogP contribution in [0.4, 0.5) is 11.4 Å². The predicted octanol–water partition coefficient (Wildman–Crippen LogP) is 3.40. The van der Waals surface area contributed by atoms with Crippen LogP contribution in [0.1, 0.15) is 28.4 Å². The first-order valence-electron chi connectivity index (χ1n) is 8.15. The molecule has 8 nitrogen and oxygen atoms in total. The molecule has 27 heavy (non-hydrogen) atoms. The van der Waals surface area contributed by atoms with Gasteiger partial charge < -0.3 is 14.8 Å². The van der Waals surface area contributed by atoms with E-state index in [-0.39, 0.29) is 17.1 Å². The lowest BCUT2D eigenvalue weighted by Crippen LogP contribution is -2.30. The molecule has 1 unspecified atom stereocenters. The normalized spacial score (nSPS) is 11.4. The molecule has 0 fully saturated rings. The van der Waals surface area contributed by atoms with Gasteiger partial charge in [0.2, 0.25) is 0 Å². The Kier molecular flexibility index (Phi) is 6.12. The molecule has 0 heterocycles. The fraction of sp³-hybridized carbons (Fsp3) is 0.263. The van der Waals surface area contributed by atoms with Crippen molar-refractivity contribution in [1.29, 1.82) is 0 Å². The van der Waals surface area contributed by atoms with Crippen LogP contribution in [-0.4, -0.2) is 30.0 Å². The molecule has 1 atom stereocenters. The number of nitrogens with zero attached hydrogens (tertiary/aromatic N) is 1. The van der Waals surface area contributed by atoms with Crippen molar-refractivity contribution in [3.8, 4) is 5.75 Å². The van der Waals surface area contributed by atoms with Crippen LogP contribution >= 0.6 is 0 Å². The van der Waals surface area contributed by atoms with Crippen LogP contribution in [0, 0.1) is 24.0 Å². The summed E-state index contributed by atoms with van der Waals surface area (Å²) in [5.41, 5.74) is 2.00. The Bertz CT molecular complexity index is 894. The van der Waals surface area contributed by atoms with Crippen LogP contribution in [0.5, 0.6) is 5.75 Å². The Hall–Kier alpha value is -3.42. The minimum absolute atomic E-state index is 0.117. The number of anilines is 1. The van der Waals surface area contributed by atoms with E-state index in [0.717, 1.165) is 11.1 Å². The van der Waals surface area contributed by atoms with Crippen LogP contribution in [0.15, 0.2) is 36.4 Å². The molecule has 0 aliphatic heterocycles. The van der Waals surface area contributed by atoms with Gasteiger partial charge in [-0.3, -0.25) is 14.9 Å². The third-order valence-corrected chi connectivity index (χ3v) is 4.13. The van der Waals surface area contributed by atoms with Gasteiger partial charge >= 0.3 is 5.97 Å². The molecule has 1 N–H and O–H groups in total. The standard InChI is InChI=1S/C19H20N2O6/c1-11-6-5-7-15(12(11)2)19(23)27-13(3)18(22)20-16-10-14(21(24)25)8-9-17(16)26-4/h5-10,13H,1-4H3,(H,20,22). The summed E-state index contributed by atoms with van der Waals surface area (Å²) in [6.45, 7) is 5.09. The van der Waals surface area contributed by atoms with Gasteiger partial charge in [-0.25, -0.2) is 4.79 Å². The third kappa shape index (κ3) is 4.60. The first-order valence-corrected chi connectivity index (χ1v) is 8.15. The topological polar surface area (TPSA) is 108 Å². The van der Waals surface area contributed by atoms with Crippen molar-refractivity contribution in [3.05, 3.63) is 63.2 Å². The van der Waals surface area contributed by atoms with Gasteiger partial charge in [-0.05, 0) is 44.0 Å². The highest BCUT2D eigenvalue weighted by molar-refractivity contribution is 5.98. The van der Waals surface area contributed by atoms with Crippen LogP contribution in [0.2, 0.25) is 0 Å². The van der Waals surface area contributed by atoms with Crippen molar-refractivity contribution in [3.63, 3.8) is 0 Å². The molecule has 8 heteroatoms. The molecular weight excluding hydrogens is 352 g/mol. The summed E-state index contributed by atoms with van der Waals surface area (Å²) in [5, 5.41) is 13.4. The van der Waals surface area contributed by atoms with Gasteiger partial charge in [0.05, 0.1) is 23.3 Å². The van der Waals surface area contributed by atoms with E-state index in [0.29, 0.717) is 5.56 Å². The lowest BCUT2D eigenvalue weighted by Gasteiger charge is -2.16. The van der Waals surface area contributed by atoms with E-state index in [2.05, 4.69) is 5.32 Å². The predicted molar refractivity (Wildman–Crippen MR) is 99.1 cm³/mol. The van der Waals surface area contributed by atoms with Crippen molar-refractivity contribution < 1.29 is 24.0 Å². The van der Waals surface area contributed by atoms with Crippen molar-refractivity contribution >= 4 is 23.3 Å². The largest absolute Gasteiger partial charge is 0.495 e. The summed E-state index contributed by atoms with van der Waals surface area (Å²) < 4.78 is 10.3. The zero-order valence-electron chi connectivity index (χ0n) is 15.4. The van der Waals surface area contributed by atoms with E-state index in [1.807, 2.05) is 13.0 Å². The monoisotopic (exact) mass is 372 g/mol. The summed E-state index contributed by atoms with van der Waals surface area (Å²) in [5.74, 6) is -1.00. The quantitative estimate of drug-likeness (QED) is 0.473. The Morgan fingerprint density at radius 2 is 1.89 bits per heavy atom. The number of methoxy groups -OCH3 is 1. The average molecular weight is 372 g/mol. The average Bonchev–Trinajstić information content (AvgIpc) is 2.63. The smallest absolute Gasteiger partial charge is 0.339 e. The maximum atomic E-state index is 12.4. The number of nitrogens with one attached hydrogen (secondary N) is 1. The van der Waals surface area contributed by atoms with Gasteiger partial charge in [0.25, 0.3) is 11.6 Å². The molecule has 1 amide bonds. The fourth-order valence-corrected chi connectivity index (χ4v) is 2.39. The highest BCUT2D eigenvalue weighted by Gasteiger charge is 2.22. The van der Waals surface area contributed by atoms with Gasteiger partial charge in [0.1, 0.15) is 5.75 Å². The van der Waals surface area contributed by atoms with Gasteiger partial charge in [-0.15, -0.1) is 0 Å². The number of aryl methyl sites for hydroxylation is 1. The Balaban J connectivity index is 2.14. The highest BCUT2D eigenvalue weighted by Crippen LogP contribution is 2.29. The second-order valence-electron chi connectivity index (χ2n) is 5.93. The molecule has 0 bridgehead atoms. The summed E-state index contributed by atoms with van der Waals surface area (Å²) in [7, 11) is 1.38. The summed E-state index contributed by atoms with van der Waals surface area (Å²) >= 11 is 0. The Labute approximate surface area is 156 Å². The number of benzene rings is 2. The lowest BCUT2D eigenvalue weighted by atomic mass is 10.0. The number of rotatable bonds is 6. The number of hydrogen-bond acceptors (Lipinski definition) is 6. The first-order chi connectivity index (χ1) is 12.7. The number of nitro groups is 1. The lowest BCUT2D eigenvalue weighted by molar-refractivity contribution is -0.384. The molecule has 0 saturated heterocycles. The van der Waals surface area contributed by atoms with Crippen LogP contribution in [0.25, 0.3) is 0 Å². The maximum absolute atomic E-state index is 12.4. The molecule has 0 aliphatic carbocycles. The van der Waals surface area contributed by atoms with Crippen molar-refractivity contribution in [1.82, 2.24) is 0 Å². The molecule has 0 aromatic heterocycles. The number of ether oxygens (including phenoxy) is 2. The molecule has 0 spiro atoms. The van der Waals surface area contributed by atoms with Crippen molar-refractivity contribution in [2.24, 2.45) is 0 Å². The number of carbonyl (C=O) groups excluding carboxylic acids is 2. The van der Waals surface area contributed by atoms with E-state index in [4.69, 9.17) is 9.47 Å². The van der Waals surface area contributed by atoms with E-state index in [1.165, 1.54) is 32.2 Å². The second-order valence-corrected chi connectivity index (χ2v) is 5.93. The molecule has 2 aromatic rings. The fourth-order valence-electron chi connectivity index (χ4n) is 2.39. The van der Waals surface area contributed by atoms with Crippen molar-refractivity contribution in [2.75, 3.05) is 12.4 Å². The van der Waals surface area contributed by atoms with Crippen molar-refractivity contribution in [2.45, 2.75) is 26.9 Å². The number of carbonyl (C=O) groups is 2. The molecule has 0 radical (unpaired) electrons. The van der Waals surface area contributed by atoms with Gasteiger partial charge in [0.15, 0.2) is 6.10 Å². The maximum Gasteiger partial charge on any atom is 0.339 e. The van der Waals surface area contributed by atoms with E-state index >= 15 is 0 Å². The Morgan fingerprint density at radius 1 is 1.19 bits per heavy atom. The molecule has 2 aromatic carbocycles. The SMILES string of the molecule is COc1ccc([N+](=O)[O-])cc1NC(=O)C(C)OC(=O)c1cccc(C)c1C. The number of amides is 1. The minimum Gasteiger partial charge on any atom is -0.495 e. The van der Waals surface area contributed by atoms with E-state index in [1.54, 1.807) is 19.1 Å². The molecule has 0 aliphatic rings. The Morgan fingerprint density at radius 3 is 2.52 bits per heavy atom. The minimum atomic E-state index is -1.11. The van der Waals surface area contributed by atoms with Crippen LogP contribution in [0.3, 0.4) is 0 Å². The summed E-state index contributed by atoms with van der Waals surface area (Å²) in [6.07, 6.45) is -1.11. The van der Waals surface area contributed by atoms with Gasteiger partial charge in [-0.1, -0.05) is 12.1 Å². The van der Waals surface area contributed by atoms with Gasteiger partial charge in [0, 0.05) is 12.1 Å². The number of non-ortho nitro benzene ring substituents is 1. The molecule has 142 valence electrons.